The molecular weight excluding hydrogens is 969 g/mol. The van der Waals surface area contributed by atoms with Crippen LogP contribution in [-0.4, -0.2) is 196 Å². The van der Waals surface area contributed by atoms with Gasteiger partial charge in [-0.3, -0.25) is 19.2 Å². The molecule has 24 heteroatoms. The fourth-order valence-corrected chi connectivity index (χ4v) is 5.83. The van der Waals surface area contributed by atoms with Crippen molar-refractivity contribution < 1.29 is 109 Å². The molecule has 432 valence electrons. The standard InChI is InChI=1S/C12H18N2O2.C6H10O4.C6H14O3.C6H10O2.C6H14O2.C5H10O4.C5H12O2.C3H6O3/c1-11(2)4-10(14-9-16)5-12(3,6-11)7-13-8-15;7-5(8)3-1-2-4-6(9)10;1-2-6(3-7,4-8)5-9;7-6-4-2-1-3-5-8-6;7-5-3-1-2-4-6-8;1-5(2-6,3-7)4(8)9;1-5(2,3-6)4-7;1-5-3(4)6-2/h10H,4-7H2,1-3H3;1-4H2,(H,7,8)(H,9,10);7-9H,2-5H2,1H3;1-5H2;7-8H,1-6H2;6-7H,2-3H2,1H3,(H,8,9);6-7H,3-4H2,1-2H3;1-2H3. The molecule has 2 unspecified atom stereocenters. The number of aliphatic carboxylic acids is 3. The summed E-state index contributed by atoms with van der Waals surface area (Å²) in [5.74, 6) is -2.95. The molecule has 1 heterocycles. The van der Waals surface area contributed by atoms with Gasteiger partial charge in [0.2, 0.25) is 12.2 Å². The Morgan fingerprint density at radius 3 is 1.41 bits per heavy atom. The molecule has 0 amide bonds. The van der Waals surface area contributed by atoms with E-state index in [1.165, 1.54) is 21.1 Å². The van der Waals surface area contributed by atoms with Gasteiger partial charge in [0.25, 0.3) is 0 Å². The number of aliphatic hydroxyl groups excluding tert-OH is 9. The van der Waals surface area contributed by atoms with Crippen LogP contribution in [0.2, 0.25) is 0 Å². The monoisotopic (exact) mass is 1060 g/mol. The first-order valence-corrected chi connectivity index (χ1v) is 24.1. The van der Waals surface area contributed by atoms with Gasteiger partial charge >= 0.3 is 30.0 Å². The van der Waals surface area contributed by atoms with E-state index in [2.05, 4.69) is 40.2 Å². The molecule has 2 aliphatic rings. The second-order valence-electron chi connectivity index (χ2n) is 19.4. The summed E-state index contributed by atoms with van der Waals surface area (Å²) in [4.78, 5) is 78.2. The van der Waals surface area contributed by atoms with E-state index in [0.717, 1.165) is 64.2 Å². The molecular formula is C49H94N2O22. The summed E-state index contributed by atoms with van der Waals surface area (Å²) in [7, 11) is 2.51. The number of esters is 1. The molecule has 0 spiro atoms. The number of carbonyl (C=O) groups excluding carboxylic acids is 4. The van der Waals surface area contributed by atoms with Crippen LogP contribution in [0, 0.1) is 27.1 Å². The summed E-state index contributed by atoms with van der Waals surface area (Å²) in [6.07, 6.45) is 14.5. The van der Waals surface area contributed by atoms with Crippen LogP contribution in [-0.2, 0) is 43.0 Å². The number of rotatable bonds is 22. The number of cyclic esters (lactones) is 1. The number of hydrogen-bond acceptors (Lipinski definition) is 21. The van der Waals surface area contributed by atoms with Crippen LogP contribution in [0.25, 0.3) is 0 Å². The lowest BCUT2D eigenvalue weighted by Gasteiger charge is -2.44. The highest BCUT2D eigenvalue weighted by Gasteiger charge is 2.41. The van der Waals surface area contributed by atoms with E-state index in [1.807, 2.05) is 6.92 Å². The zero-order chi connectivity index (χ0) is 58.0. The highest BCUT2D eigenvalue weighted by molar-refractivity contribution is 5.74. The fourth-order valence-electron chi connectivity index (χ4n) is 5.83. The van der Waals surface area contributed by atoms with Crippen molar-refractivity contribution in [3.05, 3.63) is 0 Å². The molecule has 1 aliphatic carbocycles. The van der Waals surface area contributed by atoms with Crippen molar-refractivity contribution in [2.75, 3.05) is 86.8 Å². The number of carbonyl (C=O) groups is 5. The summed E-state index contributed by atoms with van der Waals surface area (Å²) in [5, 5.41) is 101. The van der Waals surface area contributed by atoms with E-state index in [1.54, 1.807) is 26.0 Å². The molecule has 1 saturated carbocycles. The number of unbranched alkanes of at least 4 members (excludes halogenated alkanes) is 4. The van der Waals surface area contributed by atoms with E-state index in [0.29, 0.717) is 38.8 Å². The Bertz CT molecular complexity index is 1430. The van der Waals surface area contributed by atoms with E-state index in [9.17, 15) is 33.6 Å². The van der Waals surface area contributed by atoms with E-state index in [-0.39, 0.29) is 87.3 Å². The summed E-state index contributed by atoms with van der Waals surface area (Å²) >= 11 is 0. The average molecular weight is 1060 g/mol. The molecule has 1 aliphatic heterocycles. The number of methoxy groups -OCH3 is 2. The molecule has 0 bridgehead atoms. The molecule has 24 nitrogen and oxygen atoms in total. The Balaban J connectivity index is -0.000000179. The second kappa shape index (κ2) is 49.7. The Hall–Kier alpha value is -4.45. The summed E-state index contributed by atoms with van der Waals surface area (Å²) in [6.45, 7) is 13.3. The minimum atomic E-state index is -1.39. The van der Waals surface area contributed by atoms with Crippen LogP contribution < -0.4 is 0 Å². The maximum absolute atomic E-state index is 10.5. The van der Waals surface area contributed by atoms with Crippen LogP contribution in [0.15, 0.2) is 9.98 Å². The normalized spacial score (nSPS) is 16.4. The number of aliphatic imine (C=N–C) groups is 2. The summed E-state index contributed by atoms with van der Waals surface area (Å²) < 4.78 is 12.8. The lowest BCUT2D eigenvalue weighted by Crippen LogP contribution is -2.39. The summed E-state index contributed by atoms with van der Waals surface area (Å²) in [6, 6.07) is 0.00750. The quantitative estimate of drug-likeness (QED) is 0.0320. The van der Waals surface area contributed by atoms with Crippen LogP contribution in [0.4, 0.5) is 4.79 Å². The van der Waals surface area contributed by atoms with Crippen molar-refractivity contribution in [2.24, 2.45) is 37.1 Å². The van der Waals surface area contributed by atoms with E-state index in [4.69, 9.17) is 66.0 Å². The van der Waals surface area contributed by atoms with Crippen LogP contribution in [0.3, 0.4) is 0 Å². The minimum absolute atomic E-state index is 0.00750. The zero-order valence-corrected chi connectivity index (χ0v) is 45.0. The number of ether oxygens (including phenoxy) is 3. The van der Waals surface area contributed by atoms with Crippen molar-refractivity contribution in [1.29, 1.82) is 0 Å². The van der Waals surface area contributed by atoms with Crippen molar-refractivity contribution in [1.82, 2.24) is 0 Å². The lowest BCUT2D eigenvalue weighted by atomic mass is 9.63. The first kappa shape index (κ1) is 79.9. The maximum atomic E-state index is 10.5. The van der Waals surface area contributed by atoms with Gasteiger partial charge in [-0.15, -0.1) is 0 Å². The minimum Gasteiger partial charge on any atom is -0.481 e. The number of carboxylic acid groups (broad SMARTS) is 3. The third-order valence-electron chi connectivity index (χ3n) is 10.7. The first-order chi connectivity index (χ1) is 34.1. The predicted octanol–water partition coefficient (Wildman–Crippen LogP) is 3.41. The lowest BCUT2D eigenvalue weighted by molar-refractivity contribution is -0.153. The van der Waals surface area contributed by atoms with Gasteiger partial charge in [0.05, 0.1) is 79.7 Å². The van der Waals surface area contributed by atoms with Gasteiger partial charge in [-0.1, -0.05) is 54.4 Å². The molecule has 73 heavy (non-hydrogen) atoms. The van der Waals surface area contributed by atoms with Gasteiger partial charge in [0, 0.05) is 43.3 Å². The number of carboxylic acids is 3. The van der Waals surface area contributed by atoms with Crippen LogP contribution >= 0.6 is 0 Å². The Labute approximate surface area is 431 Å². The molecule has 0 aromatic heterocycles. The molecule has 0 aromatic carbocycles. The Kier molecular flexibility index (Phi) is 54.5. The van der Waals surface area contributed by atoms with Crippen molar-refractivity contribution in [3.8, 4) is 0 Å². The molecule has 2 atom stereocenters. The largest absolute Gasteiger partial charge is 0.507 e. The van der Waals surface area contributed by atoms with Gasteiger partial charge in [-0.05, 0) is 88.4 Å². The topological polar surface area (TPSA) is 415 Å². The number of hydrogen-bond donors (Lipinski definition) is 12. The predicted molar refractivity (Wildman–Crippen MR) is 268 cm³/mol. The molecule has 12 N–H and O–H groups in total. The number of isocyanates is 2. The molecule has 2 rings (SSSR count). The highest BCUT2D eigenvalue weighted by atomic mass is 16.7. The van der Waals surface area contributed by atoms with Crippen molar-refractivity contribution in [2.45, 2.75) is 157 Å². The third kappa shape index (κ3) is 52.2. The number of aliphatic hydroxyl groups is 9. The molecule has 0 aromatic rings. The smallest absolute Gasteiger partial charge is 0.481 e. The molecule has 2 fully saturated rings. The van der Waals surface area contributed by atoms with Gasteiger partial charge in [-0.2, -0.15) is 0 Å². The Morgan fingerprint density at radius 2 is 1.14 bits per heavy atom. The molecule has 1 saturated heterocycles. The highest BCUT2D eigenvalue weighted by Crippen LogP contribution is 2.47. The second-order valence-corrected chi connectivity index (χ2v) is 19.4. The van der Waals surface area contributed by atoms with Crippen molar-refractivity contribution >= 4 is 42.2 Å². The molecule has 0 radical (unpaired) electrons. The summed E-state index contributed by atoms with van der Waals surface area (Å²) in [5.41, 5.74) is -2.30. The van der Waals surface area contributed by atoms with Gasteiger partial charge in [-0.25, -0.2) is 24.4 Å². The third-order valence-corrected chi connectivity index (χ3v) is 10.7. The average Bonchev–Trinajstić information content (AvgIpc) is 3.61. The van der Waals surface area contributed by atoms with Crippen molar-refractivity contribution in [3.63, 3.8) is 0 Å². The van der Waals surface area contributed by atoms with Gasteiger partial charge in [0.15, 0.2) is 0 Å². The maximum Gasteiger partial charge on any atom is 0.507 e. The van der Waals surface area contributed by atoms with E-state index < -0.39 is 48.1 Å². The van der Waals surface area contributed by atoms with Crippen LogP contribution in [0.1, 0.15) is 151 Å². The van der Waals surface area contributed by atoms with E-state index >= 15 is 0 Å². The zero-order valence-electron chi connectivity index (χ0n) is 45.0. The fraction of sp³-hybridized carbons (Fsp3) is 0.857. The Morgan fingerprint density at radius 1 is 0.671 bits per heavy atom. The van der Waals surface area contributed by atoms with Gasteiger partial charge < -0.3 is 75.5 Å². The van der Waals surface area contributed by atoms with Crippen LogP contribution in [0.5, 0.6) is 0 Å². The van der Waals surface area contributed by atoms with Gasteiger partial charge in [0.1, 0.15) is 5.41 Å². The SMILES string of the molecule is CC(C)(CO)CO.CC(CO)(CO)C(=O)O.CC1(C)CC(N=C=O)CC(C)(CN=C=O)C1.CCC(CO)(CO)CO.COC(=O)OC.O=C(O)CCCCC(=O)O.O=C1CCCCCO1.OCCCCCCO. The first-order valence-electron chi connectivity index (χ1n) is 24.1. The number of nitrogens with zero attached hydrogens (tertiary/aromatic N) is 2.